The highest BCUT2D eigenvalue weighted by atomic mass is 32.2. The van der Waals surface area contributed by atoms with Crippen LogP contribution in [-0.4, -0.2) is 46.1 Å². The van der Waals surface area contributed by atoms with Crippen molar-refractivity contribution in [3.05, 3.63) is 18.2 Å². The Morgan fingerprint density at radius 2 is 1.88 bits per heavy atom. The van der Waals surface area contributed by atoms with Gasteiger partial charge in [-0.3, -0.25) is 4.79 Å². The second-order valence-electron chi connectivity index (χ2n) is 6.44. The number of likely N-dealkylation sites (tertiary alicyclic amines) is 1. The van der Waals surface area contributed by atoms with Gasteiger partial charge in [-0.1, -0.05) is 24.6 Å². The first-order valence-electron chi connectivity index (χ1n) is 8.90. The van der Waals surface area contributed by atoms with Gasteiger partial charge in [0.2, 0.25) is 18.6 Å². The van der Waals surface area contributed by atoms with Crippen molar-refractivity contribution >= 4 is 17.7 Å². The SMILES string of the molecule is C[C@@H](Sc1nnc(-c2ccc3c(c2)OCO3)o1)C(=O)N1CCCCCC1. The van der Waals surface area contributed by atoms with Gasteiger partial charge in [0.25, 0.3) is 5.22 Å². The lowest BCUT2D eigenvalue weighted by atomic mass is 10.2. The average Bonchev–Trinajstić information content (AvgIpc) is 3.22. The Hall–Kier alpha value is -2.22. The van der Waals surface area contributed by atoms with Crippen LogP contribution in [0, 0.1) is 0 Å². The lowest BCUT2D eigenvalue weighted by Gasteiger charge is -2.23. The molecule has 4 rings (SSSR count). The summed E-state index contributed by atoms with van der Waals surface area (Å²) in [5.74, 6) is 1.92. The van der Waals surface area contributed by atoms with Crippen LogP contribution in [-0.2, 0) is 4.79 Å². The van der Waals surface area contributed by atoms with Crippen molar-refractivity contribution in [2.45, 2.75) is 43.1 Å². The third-order valence-corrected chi connectivity index (χ3v) is 5.49. The first-order chi connectivity index (χ1) is 12.7. The number of amides is 1. The van der Waals surface area contributed by atoms with Crippen LogP contribution >= 0.6 is 11.8 Å². The van der Waals surface area contributed by atoms with Gasteiger partial charge in [-0.25, -0.2) is 0 Å². The fraction of sp³-hybridized carbons (Fsp3) is 0.500. The Labute approximate surface area is 156 Å². The maximum absolute atomic E-state index is 12.6. The number of rotatable bonds is 4. The van der Waals surface area contributed by atoms with E-state index in [1.54, 1.807) is 0 Å². The average molecular weight is 375 g/mol. The number of ether oxygens (including phenoxy) is 2. The van der Waals surface area contributed by atoms with Crippen LogP contribution < -0.4 is 9.47 Å². The number of carbonyl (C=O) groups excluding carboxylic acids is 1. The molecule has 0 aliphatic carbocycles. The van der Waals surface area contributed by atoms with Gasteiger partial charge >= 0.3 is 0 Å². The Morgan fingerprint density at radius 1 is 1.12 bits per heavy atom. The van der Waals surface area contributed by atoms with E-state index in [0.717, 1.165) is 31.5 Å². The van der Waals surface area contributed by atoms with Gasteiger partial charge in [0.05, 0.1) is 5.25 Å². The summed E-state index contributed by atoms with van der Waals surface area (Å²) < 4.78 is 16.4. The van der Waals surface area contributed by atoms with Gasteiger partial charge in [0, 0.05) is 18.7 Å². The monoisotopic (exact) mass is 375 g/mol. The van der Waals surface area contributed by atoms with Gasteiger partial charge < -0.3 is 18.8 Å². The molecule has 3 heterocycles. The third kappa shape index (κ3) is 3.65. The lowest BCUT2D eigenvalue weighted by molar-refractivity contribution is -0.130. The van der Waals surface area contributed by atoms with Crippen molar-refractivity contribution < 1.29 is 18.7 Å². The normalized spacial score (nSPS) is 17.8. The number of aromatic nitrogens is 2. The van der Waals surface area contributed by atoms with E-state index in [9.17, 15) is 4.79 Å². The number of fused-ring (bicyclic) bond motifs is 1. The first kappa shape index (κ1) is 17.2. The first-order valence-corrected chi connectivity index (χ1v) is 9.77. The van der Waals surface area contributed by atoms with E-state index in [-0.39, 0.29) is 18.0 Å². The summed E-state index contributed by atoms with van der Waals surface area (Å²) in [5.41, 5.74) is 0.764. The number of hydrogen-bond acceptors (Lipinski definition) is 7. The van der Waals surface area contributed by atoms with Crippen molar-refractivity contribution in [1.82, 2.24) is 15.1 Å². The molecule has 1 saturated heterocycles. The maximum Gasteiger partial charge on any atom is 0.277 e. The minimum absolute atomic E-state index is 0.139. The molecule has 0 unspecified atom stereocenters. The fourth-order valence-electron chi connectivity index (χ4n) is 3.15. The van der Waals surface area contributed by atoms with E-state index in [1.165, 1.54) is 24.6 Å². The highest BCUT2D eigenvalue weighted by Gasteiger charge is 2.24. The molecule has 0 saturated carbocycles. The van der Waals surface area contributed by atoms with Crippen LogP contribution in [0.2, 0.25) is 0 Å². The topological polar surface area (TPSA) is 77.7 Å². The predicted octanol–water partition coefficient (Wildman–Crippen LogP) is 3.35. The second-order valence-corrected chi connectivity index (χ2v) is 7.73. The summed E-state index contributed by atoms with van der Waals surface area (Å²) in [7, 11) is 0. The molecule has 2 aliphatic rings. The summed E-state index contributed by atoms with van der Waals surface area (Å²) >= 11 is 1.31. The van der Waals surface area contributed by atoms with Crippen molar-refractivity contribution in [2.24, 2.45) is 0 Å². The summed E-state index contributed by atoms with van der Waals surface area (Å²) in [5, 5.41) is 8.31. The number of benzene rings is 1. The molecule has 8 heteroatoms. The summed E-state index contributed by atoms with van der Waals surface area (Å²) in [4.78, 5) is 14.6. The molecule has 1 aromatic heterocycles. The van der Waals surface area contributed by atoms with Crippen LogP contribution in [0.25, 0.3) is 11.5 Å². The Morgan fingerprint density at radius 3 is 2.69 bits per heavy atom. The summed E-state index contributed by atoms with van der Waals surface area (Å²) in [6.45, 7) is 3.80. The quantitative estimate of drug-likeness (QED) is 0.758. The van der Waals surface area contributed by atoms with Crippen LogP contribution in [0.15, 0.2) is 27.8 Å². The Kier molecular flexibility index (Phi) is 5.01. The number of thioether (sulfide) groups is 1. The molecule has 138 valence electrons. The predicted molar refractivity (Wildman–Crippen MR) is 96.2 cm³/mol. The standard InChI is InChI=1S/C18H21N3O4S/c1-12(17(22)21-8-4-2-3-5-9-21)26-18-20-19-16(25-18)13-6-7-14-15(10-13)24-11-23-14/h6-7,10,12H,2-5,8-9,11H2,1H3/t12-/m1/s1. The number of carbonyl (C=O) groups is 1. The molecule has 1 fully saturated rings. The molecule has 0 radical (unpaired) electrons. The minimum Gasteiger partial charge on any atom is -0.454 e. The van der Waals surface area contributed by atoms with E-state index in [0.29, 0.717) is 22.6 Å². The molecule has 0 bridgehead atoms. The molecule has 26 heavy (non-hydrogen) atoms. The van der Waals surface area contributed by atoms with Crippen molar-refractivity contribution in [2.75, 3.05) is 19.9 Å². The van der Waals surface area contributed by atoms with Gasteiger partial charge in [-0.05, 0) is 38.0 Å². The van der Waals surface area contributed by atoms with Crippen molar-refractivity contribution in [1.29, 1.82) is 0 Å². The van der Waals surface area contributed by atoms with Gasteiger partial charge in [-0.15, -0.1) is 10.2 Å². The molecule has 2 aliphatic heterocycles. The van der Waals surface area contributed by atoms with Crippen LogP contribution in [0.3, 0.4) is 0 Å². The van der Waals surface area contributed by atoms with Gasteiger partial charge in [0.1, 0.15) is 0 Å². The molecule has 0 N–H and O–H groups in total. The van der Waals surface area contributed by atoms with Gasteiger partial charge in [0.15, 0.2) is 11.5 Å². The number of hydrogen-bond donors (Lipinski definition) is 0. The summed E-state index contributed by atoms with van der Waals surface area (Å²) in [6.07, 6.45) is 4.57. The molecule has 1 atom stereocenters. The van der Waals surface area contributed by atoms with Gasteiger partial charge in [-0.2, -0.15) is 0 Å². The molecule has 2 aromatic rings. The zero-order chi connectivity index (χ0) is 17.9. The largest absolute Gasteiger partial charge is 0.454 e. The maximum atomic E-state index is 12.6. The number of nitrogens with zero attached hydrogens (tertiary/aromatic N) is 3. The van der Waals surface area contributed by atoms with E-state index in [4.69, 9.17) is 13.9 Å². The van der Waals surface area contributed by atoms with Crippen LogP contribution in [0.4, 0.5) is 0 Å². The minimum atomic E-state index is -0.252. The molecular formula is C18H21N3O4S. The fourth-order valence-corrected chi connectivity index (χ4v) is 3.92. The zero-order valence-corrected chi connectivity index (χ0v) is 15.5. The molecule has 7 nitrogen and oxygen atoms in total. The second kappa shape index (κ2) is 7.57. The van der Waals surface area contributed by atoms with Crippen molar-refractivity contribution in [3.8, 4) is 23.0 Å². The van der Waals surface area contributed by atoms with E-state index < -0.39 is 0 Å². The molecular weight excluding hydrogens is 354 g/mol. The van der Waals surface area contributed by atoms with E-state index in [2.05, 4.69) is 10.2 Å². The van der Waals surface area contributed by atoms with Crippen molar-refractivity contribution in [3.63, 3.8) is 0 Å². The molecule has 1 amide bonds. The lowest BCUT2D eigenvalue weighted by Crippen LogP contribution is -2.37. The van der Waals surface area contributed by atoms with E-state index >= 15 is 0 Å². The van der Waals surface area contributed by atoms with Crippen LogP contribution in [0.5, 0.6) is 11.5 Å². The highest BCUT2D eigenvalue weighted by Crippen LogP contribution is 2.36. The highest BCUT2D eigenvalue weighted by molar-refractivity contribution is 8.00. The molecule has 0 spiro atoms. The third-order valence-electron chi connectivity index (χ3n) is 4.57. The Balaban J connectivity index is 1.42. The molecule has 1 aromatic carbocycles. The summed E-state index contributed by atoms with van der Waals surface area (Å²) in [6, 6.07) is 5.48. The zero-order valence-electron chi connectivity index (χ0n) is 14.6. The Bertz CT molecular complexity index is 786. The smallest absolute Gasteiger partial charge is 0.277 e. The van der Waals surface area contributed by atoms with E-state index in [1.807, 2.05) is 30.0 Å². The van der Waals surface area contributed by atoms with Crippen LogP contribution in [0.1, 0.15) is 32.6 Å².